The minimum absolute atomic E-state index is 0.253. The van der Waals surface area contributed by atoms with Crippen molar-refractivity contribution in [3.05, 3.63) is 54.1 Å². The van der Waals surface area contributed by atoms with Gasteiger partial charge in [0.05, 0.1) is 17.6 Å². The van der Waals surface area contributed by atoms with E-state index in [1.165, 1.54) is 5.56 Å². The lowest BCUT2D eigenvalue weighted by Crippen LogP contribution is -2.49. The van der Waals surface area contributed by atoms with Crippen LogP contribution in [-0.2, 0) is 11.3 Å². The van der Waals surface area contributed by atoms with Crippen LogP contribution in [-0.4, -0.2) is 96.8 Å². The van der Waals surface area contributed by atoms with Crippen LogP contribution in [0.15, 0.2) is 48.5 Å². The molecule has 3 heterocycles. The number of anilines is 3. The van der Waals surface area contributed by atoms with Crippen LogP contribution in [0.3, 0.4) is 0 Å². The van der Waals surface area contributed by atoms with Crippen LogP contribution in [0.5, 0.6) is 0 Å². The van der Waals surface area contributed by atoms with Crippen LogP contribution in [0, 0.1) is 0 Å². The van der Waals surface area contributed by atoms with E-state index in [4.69, 9.17) is 14.7 Å². The molecule has 3 aromatic rings. The summed E-state index contributed by atoms with van der Waals surface area (Å²) in [6, 6.07) is 16.5. The third-order valence-corrected chi connectivity index (χ3v) is 6.88. The molecule has 0 spiro atoms. The first-order chi connectivity index (χ1) is 17.6. The first kappa shape index (κ1) is 24.3. The first-order valence-corrected chi connectivity index (χ1v) is 12.8. The molecular formula is C27H35N7O2. The van der Waals surface area contributed by atoms with Crippen LogP contribution < -0.4 is 10.2 Å². The van der Waals surface area contributed by atoms with E-state index in [1.807, 2.05) is 31.2 Å². The molecule has 1 amide bonds. The van der Waals surface area contributed by atoms with E-state index >= 15 is 0 Å². The van der Waals surface area contributed by atoms with Gasteiger partial charge >= 0.3 is 6.09 Å². The number of likely N-dealkylation sites (N-methyl/N-ethyl adjacent to an activating group) is 1. The SMILES string of the molecule is CCOC(=O)N1CCN(c2nc3ccccc3nc2Nc2ccc(CN3CCN(C)CC3)cc2)CC1. The maximum absolute atomic E-state index is 12.1. The third kappa shape index (κ3) is 5.68. The number of ether oxygens (including phenoxy) is 1. The highest BCUT2D eigenvalue weighted by atomic mass is 16.6. The Morgan fingerprint density at radius 2 is 1.56 bits per heavy atom. The molecule has 2 aromatic carbocycles. The number of nitrogens with zero attached hydrogens (tertiary/aromatic N) is 6. The number of carbonyl (C=O) groups excluding carboxylic acids is 1. The van der Waals surface area contributed by atoms with Crippen LogP contribution >= 0.6 is 0 Å². The standard InChI is InChI=1S/C27H35N7O2/c1-3-36-27(35)34-18-16-33(17-19-34)26-25(29-23-6-4-5-7-24(23)30-26)28-22-10-8-21(9-11-22)20-32-14-12-31(2)13-15-32/h4-11H,3,12-20H2,1-2H3,(H,28,29). The summed E-state index contributed by atoms with van der Waals surface area (Å²) in [5.41, 5.74) is 3.99. The lowest BCUT2D eigenvalue weighted by atomic mass is 10.1. The summed E-state index contributed by atoms with van der Waals surface area (Å²) in [4.78, 5) is 30.8. The number of fused-ring (bicyclic) bond motifs is 1. The zero-order chi connectivity index (χ0) is 24.9. The number of hydrogen-bond acceptors (Lipinski definition) is 8. The molecule has 9 nitrogen and oxygen atoms in total. The largest absolute Gasteiger partial charge is 0.450 e. The fourth-order valence-electron chi connectivity index (χ4n) is 4.71. The maximum Gasteiger partial charge on any atom is 0.409 e. The van der Waals surface area contributed by atoms with Crippen molar-refractivity contribution in [3.8, 4) is 0 Å². The summed E-state index contributed by atoms with van der Waals surface area (Å²) < 4.78 is 5.17. The van der Waals surface area contributed by atoms with E-state index < -0.39 is 0 Å². The van der Waals surface area contributed by atoms with E-state index in [9.17, 15) is 4.79 Å². The van der Waals surface area contributed by atoms with E-state index in [2.05, 4.69) is 51.3 Å². The Labute approximate surface area is 212 Å². The van der Waals surface area contributed by atoms with Crippen LogP contribution in [0.2, 0.25) is 0 Å². The van der Waals surface area contributed by atoms with Crippen molar-refractivity contribution in [3.63, 3.8) is 0 Å². The predicted octanol–water partition coefficient (Wildman–Crippen LogP) is 3.40. The number of nitrogens with one attached hydrogen (secondary N) is 1. The molecule has 1 aromatic heterocycles. The molecular weight excluding hydrogens is 454 g/mol. The molecule has 2 aliphatic rings. The van der Waals surface area contributed by atoms with Crippen molar-refractivity contribution < 1.29 is 9.53 Å². The quantitative estimate of drug-likeness (QED) is 0.565. The highest BCUT2D eigenvalue weighted by Gasteiger charge is 2.25. The summed E-state index contributed by atoms with van der Waals surface area (Å²) in [5.74, 6) is 1.53. The Hall–Kier alpha value is -3.43. The Balaban J connectivity index is 1.32. The normalized spacial score (nSPS) is 17.4. The smallest absolute Gasteiger partial charge is 0.409 e. The van der Waals surface area contributed by atoms with Gasteiger partial charge < -0.3 is 24.8 Å². The van der Waals surface area contributed by atoms with Crippen molar-refractivity contribution in [2.75, 3.05) is 76.2 Å². The number of aromatic nitrogens is 2. The molecule has 0 radical (unpaired) electrons. The fraction of sp³-hybridized carbons (Fsp3) is 0.444. The summed E-state index contributed by atoms with van der Waals surface area (Å²) >= 11 is 0. The second-order valence-corrected chi connectivity index (χ2v) is 9.46. The van der Waals surface area contributed by atoms with Gasteiger partial charge in [0.1, 0.15) is 0 Å². The fourth-order valence-corrected chi connectivity index (χ4v) is 4.71. The van der Waals surface area contributed by atoms with Gasteiger partial charge in [-0.1, -0.05) is 24.3 Å². The molecule has 190 valence electrons. The van der Waals surface area contributed by atoms with Crippen molar-refractivity contribution in [1.29, 1.82) is 0 Å². The van der Waals surface area contributed by atoms with Gasteiger partial charge in [0.25, 0.3) is 0 Å². The Morgan fingerprint density at radius 1 is 0.889 bits per heavy atom. The summed E-state index contributed by atoms with van der Waals surface area (Å²) in [6.07, 6.45) is -0.253. The number of rotatable bonds is 6. The van der Waals surface area contributed by atoms with Gasteiger partial charge in [0.2, 0.25) is 0 Å². The van der Waals surface area contributed by atoms with Gasteiger partial charge in [0.15, 0.2) is 11.6 Å². The highest BCUT2D eigenvalue weighted by Crippen LogP contribution is 2.29. The van der Waals surface area contributed by atoms with Crippen LogP contribution in [0.1, 0.15) is 12.5 Å². The monoisotopic (exact) mass is 489 g/mol. The summed E-state index contributed by atoms with van der Waals surface area (Å²) in [5, 5.41) is 3.51. The molecule has 0 unspecified atom stereocenters. The topological polar surface area (TPSA) is 77.1 Å². The number of amides is 1. The first-order valence-electron chi connectivity index (χ1n) is 12.8. The van der Waals surface area contributed by atoms with Crippen molar-refractivity contribution >= 4 is 34.4 Å². The lowest BCUT2D eigenvalue weighted by molar-refractivity contribution is 0.105. The summed E-state index contributed by atoms with van der Waals surface area (Å²) in [6.45, 7) is 10.2. The van der Waals surface area contributed by atoms with E-state index in [-0.39, 0.29) is 6.09 Å². The minimum atomic E-state index is -0.253. The maximum atomic E-state index is 12.1. The van der Waals surface area contributed by atoms with Crippen molar-refractivity contribution in [2.45, 2.75) is 13.5 Å². The molecule has 36 heavy (non-hydrogen) atoms. The zero-order valence-corrected chi connectivity index (χ0v) is 21.2. The molecule has 0 aliphatic carbocycles. The van der Waals surface area contributed by atoms with Crippen molar-refractivity contribution in [1.82, 2.24) is 24.7 Å². The molecule has 0 saturated carbocycles. The predicted molar refractivity (Wildman–Crippen MR) is 143 cm³/mol. The van der Waals surface area contributed by atoms with Gasteiger partial charge in [-0.3, -0.25) is 4.90 Å². The molecule has 9 heteroatoms. The molecule has 2 aliphatic heterocycles. The molecule has 1 N–H and O–H groups in total. The number of benzene rings is 2. The van der Waals surface area contributed by atoms with Gasteiger partial charge in [-0.2, -0.15) is 0 Å². The van der Waals surface area contributed by atoms with Gasteiger partial charge in [-0.05, 0) is 43.8 Å². The number of carbonyl (C=O) groups is 1. The second-order valence-electron chi connectivity index (χ2n) is 9.46. The van der Waals surface area contributed by atoms with Gasteiger partial charge in [-0.25, -0.2) is 14.8 Å². The molecule has 2 saturated heterocycles. The molecule has 5 rings (SSSR count). The second kappa shape index (κ2) is 11.1. The number of hydrogen-bond donors (Lipinski definition) is 1. The minimum Gasteiger partial charge on any atom is -0.450 e. The van der Waals surface area contributed by atoms with Gasteiger partial charge in [-0.15, -0.1) is 0 Å². The summed E-state index contributed by atoms with van der Waals surface area (Å²) in [7, 11) is 2.18. The Bertz CT molecular complexity index is 1170. The molecule has 2 fully saturated rings. The number of para-hydroxylation sites is 2. The average molecular weight is 490 g/mol. The van der Waals surface area contributed by atoms with Crippen LogP contribution in [0.4, 0.5) is 22.1 Å². The van der Waals surface area contributed by atoms with E-state index in [1.54, 1.807) is 4.90 Å². The lowest BCUT2D eigenvalue weighted by Gasteiger charge is -2.35. The highest BCUT2D eigenvalue weighted by molar-refractivity contribution is 5.82. The average Bonchev–Trinajstić information content (AvgIpc) is 2.91. The van der Waals surface area contributed by atoms with E-state index in [0.717, 1.165) is 61.1 Å². The van der Waals surface area contributed by atoms with Gasteiger partial charge in [0, 0.05) is 64.6 Å². The third-order valence-electron chi connectivity index (χ3n) is 6.88. The zero-order valence-electron chi connectivity index (χ0n) is 21.2. The number of piperazine rings is 2. The van der Waals surface area contributed by atoms with Crippen molar-refractivity contribution in [2.24, 2.45) is 0 Å². The molecule has 0 atom stereocenters. The Kier molecular flexibility index (Phi) is 7.48. The van der Waals surface area contributed by atoms with E-state index in [0.29, 0.717) is 32.8 Å². The Morgan fingerprint density at radius 3 is 2.22 bits per heavy atom. The molecule has 0 bridgehead atoms. The van der Waals surface area contributed by atoms with Crippen LogP contribution in [0.25, 0.3) is 11.0 Å².